The van der Waals surface area contributed by atoms with Crippen LogP contribution in [0.25, 0.3) is 0 Å². The van der Waals surface area contributed by atoms with Gasteiger partial charge in [-0.05, 0) is 55.6 Å². The Kier molecular flexibility index (Phi) is 15.4. The summed E-state index contributed by atoms with van der Waals surface area (Å²) in [5.41, 5.74) is -0.651. The molecule has 1 amide bonds. The van der Waals surface area contributed by atoms with Crippen LogP contribution < -0.4 is 21.4 Å². The number of rotatable bonds is 19. The first-order chi connectivity index (χ1) is 29.3. The number of para-hydroxylation sites is 1. The summed E-state index contributed by atoms with van der Waals surface area (Å²) in [7, 11) is 0. The van der Waals surface area contributed by atoms with Crippen LogP contribution in [-0.2, 0) is 37.4 Å². The number of carbonyl (C=O) groups excluding carboxylic acids is 3. The Morgan fingerprint density at radius 1 is 0.951 bits per heavy atom. The number of aliphatic hydroxyl groups excluding tert-OH is 1. The zero-order valence-corrected chi connectivity index (χ0v) is 34.8. The van der Waals surface area contributed by atoms with Gasteiger partial charge in [0.1, 0.15) is 54.2 Å². The largest absolute Gasteiger partial charge is 0.459 e. The molecule has 2 aliphatic rings. The van der Waals surface area contributed by atoms with Gasteiger partial charge in [0.15, 0.2) is 0 Å². The highest BCUT2D eigenvalue weighted by Gasteiger charge is 2.45. The van der Waals surface area contributed by atoms with Crippen molar-refractivity contribution >= 4 is 41.7 Å². The molecule has 322 valence electrons. The lowest BCUT2D eigenvalue weighted by atomic mass is 10.1. The van der Waals surface area contributed by atoms with Crippen LogP contribution in [-0.4, -0.2) is 85.3 Å². The molecule has 2 aliphatic heterocycles. The Bertz CT molecular complexity index is 2400. The normalized spacial score (nSPS) is 21.9. The van der Waals surface area contributed by atoms with Crippen molar-refractivity contribution in [3.8, 4) is 17.7 Å². The van der Waals surface area contributed by atoms with Gasteiger partial charge in [0, 0.05) is 55.0 Å². The standard InChI is InChI=1S/C40H43N6O13PS/c1-25-22-46(40(52)44-38(25)55-28-12-7-4-8-13-28)35-20-29(58-36(49)15-14-26(2)48)32(57-35)24-54-60(53,61-19-9-17-41)59-30-21-34(56-31(30)23-47)45-18-16-33(43-39(45)51)42-37(50)27-10-5-3-6-11-27/h3-8,10-13,16,18,22,29-32,34-35,47H,9,14-15,19-21,23-24H2,1-2H3,(H,42,43,50,51)/t29-,30-,31+,32+,34+,35+,60?/m0/s1. The van der Waals surface area contributed by atoms with Gasteiger partial charge in [-0.25, -0.2) is 14.2 Å². The number of amides is 1. The SMILES string of the molecule is CC(=O)CCC(=O)O[C@H]1C[C@H](n2cc(C)c(Oc3ccccc3)nc2=O)O[C@@H]1COP(=O)(O[C@H]1C[C@H](n2ccc(NC(=O)c3ccccc3)nc2=O)O[C@@H]1CO)SCCC#N. The second-order valence-electron chi connectivity index (χ2n) is 13.9. The van der Waals surface area contributed by atoms with Gasteiger partial charge >= 0.3 is 24.1 Å². The van der Waals surface area contributed by atoms with Crippen molar-refractivity contribution in [3.05, 3.63) is 111 Å². The van der Waals surface area contributed by atoms with Crippen LogP contribution in [0.3, 0.4) is 0 Å². The molecule has 0 radical (unpaired) electrons. The van der Waals surface area contributed by atoms with Gasteiger partial charge in [-0.15, -0.1) is 0 Å². The molecule has 0 bridgehead atoms. The average molecular weight is 879 g/mol. The van der Waals surface area contributed by atoms with Gasteiger partial charge in [-0.1, -0.05) is 36.4 Å². The Labute approximate surface area is 353 Å². The van der Waals surface area contributed by atoms with E-state index in [1.165, 1.54) is 30.0 Å². The highest BCUT2D eigenvalue weighted by molar-refractivity contribution is 8.55. The first-order valence-electron chi connectivity index (χ1n) is 19.2. The van der Waals surface area contributed by atoms with E-state index in [-0.39, 0.29) is 55.3 Å². The Hall–Kier alpha value is -5.52. The van der Waals surface area contributed by atoms with Crippen LogP contribution in [0.4, 0.5) is 5.82 Å². The van der Waals surface area contributed by atoms with Crippen LogP contribution in [0.1, 0.15) is 67.4 Å². The number of hydrogen-bond donors (Lipinski definition) is 2. The van der Waals surface area contributed by atoms with Gasteiger partial charge in [0.25, 0.3) is 5.91 Å². The molecule has 1 unspecified atom stereocenters. The number of aryl methyl sites for hydroxylation is 1. The maximum Gasteiger partial charge on any atom is 0.389 e. The first kappa shape index (κ1) is 45.0. The van der Waals surface area contributed by atoms with E-state index in [0.717, 1.165) is 15.9 Å². The van der Waals surface area contributed by atoms with Crippen molar-refractivity contribution in [1.82, 2.24) is 19.1 Å². The number of ketones is 1. The maximum absolute atomic E-state index is 14.5. The molecule has 2 aromatic heterocycles. The molecule has 0 saturated carbocycles. The fraction of sp³-hybridized carbons (Fsp3) is 0.400. The number of aliphatic hydroxyl groups is 1. The average Bonchev–Trinajstić information content (AvgIpc) is 3.84. The molecule has 2 N–H and O–H groups in total. The second-order valence-corrected chi connectivity index (χ2v) is 18.1. The molecule has 4 aromatic rings. The molecular formula is C40H43N6O13PS. The molecule has 19 nitrogen and oxygen atoms in total. The topological polar surface area (TPSA) is 249 Å². The predicted octanol–water partition coefficient (Wildman–Crippen LogP) is 4.86. The number of Topliss-reactive ketones (excluding diaryl/α,β-unsaturated/α-hetero) is 1. The summed E-state index contributed by atoms with van der Waals surface area (Å²) in [4.78, 5) is 71.5. The number of anilines is 1. The number of hydrogen-bond acceptors (Lipinski definition) is 17. The highest BCUT2D eigenvalue weighted by Crippen LogP contribution is 2.63. The van der Waals surface area contributed by atoms with Gasteiger partial charge in [-0.3, -0.25) is 27.8 Å². The summed E-state index contributed by atoms with van der Waals surface area (Å²) in [5.74, 6) is -0.838. The number of nitrogens with one attached hydrogen (secondary N) is 1. The number of aromatic nitrogens is 4. The van der Waals surface area contributed by atoms with E-state index in [9.17, 15) is 38.9 Å². The molecule has 0 aliphatic carbocycles. The molecule has 0 spiro atoms. The Balaban J connectivity index is 1.17. The summed E-state index contributed by atoms with van der Waals surface area (Å²) >= 11 is 0.718. The van der Waals surface area contributed by atoms with E-state index in [2.05, 4.69) is 15.3 Å². The molecular weight excluding hydrogens is 836 g/mol. The zero-order valence-electron chi connectivity index (χ0n) is 33.1. The lowest BCUT2D eigenvalue weighted by Crippen LogP contribution is -2.32. The molecule has 21 heteroatoms. The molecule has 2 aromatic carbocycles. The number of benzene rings is 2. The quantitative estimate of drug-likeness (QED) is 0.0725. The summed E-state index contributed by atoms with van der Waals surface area (Å²) in [6.45, 7) is -2.32. The van der Waals surface area contributed by atoms with Gasteiger partial charge in [0.2, 0.25) is 5.88 Å². The van der Waals surface area contributed by atoms with Crippen molar-refractivity contribution < 1.29 is 52.1 Å². The second kappa shape index (κ2) is 20.8. The van der Waals surface area contributed by atoms with Crippen molar-refractivity contribution in [1.29, 1.82) is 5.26 Å². The van der Waals surface area contributed by atoms with Gasteiger partial charge in [-0.2, -0.15) is 15.2 Å². The van der Waals surface area contributed by atoms with Gasteiger partial charge in [0.05, 0.1) is 25.7 Å². The third-order valence-electron chi connectivity index (χ3n) is 9.40. The number of carbonyl (C=O) groups is 3. The monoisotopic (exact) mass is 878 g/mol. The highest BCUT2D eigenvalue weighted by atomic mass is 32.7. The molecule has 2 saturated heterocycles. The van der Waals surface area contributed by atoms with Crippen molar-refractivity contribution in [2.45, 2.75) is 82.8 Å². The third kappa shape index (κ3) is 12.1. The summed E-state index contributed by atoms with van der Waals surface area (Å²) in [5, 5.41) is 22.0. The lowest BCUT2D eigenvalue weighted by Gasteiger charge is -2.25. The van der Waals surface area contributed by atoms with E-state index in [1.54, 1.807) is 61.5 Å². The first-order valence-corrected chi connectivity index (χ1v) is 22.3. The molecule has 7 atom stereocenters. The predicted molar refractivity (Wildman–Crippen MR) is 218 cm³/mol. The molecule has 2 fully saturated rings. The van der Waals surface area contributed by atoms with Crippen LogP contribution in [0, 0.1) is 18.3 Å². The number of nitrogens with zero attached hydrogens (tertiary/aromatic N) is 5. The number of esters is 1. The minimum Gasteiger partial charge on any atom is -0.459 e. The van der Waals surface area contributed by atoms with Crippen LogP contribution in [0.15, 0.2) is 88.7 Å². The van der Waals surface area contributed by atoms with E-state index in [1.807, 2.05) is 12.1 Å². The van der Waals surface area contributed by atoms with E-state index >= 15 is 0 Å². The van der Waals surface area contributed by atoms with Crippen molar-refractivity contribution in [3.63, 3.8) is 0 Å². The minimum absolute atomic E-state index is 0.00373. The van der Waals surface area contributed by atoms with Crippen molar-refractivity contribution in [2.24, 2.45) is 0 Å². The Morgan fingerprint density at radius 2 is 1.62 bits per heavy atom. The van der Waals surface area contributed by atoms with Crippen LogP contribution in [0.2, 0.25) is 0 Å². The smallest absolute Gasteiger partial charge is 0.389 e. The molecule has 4 heterocycles. The van der Waals surface area contributed by atoms with Crippen LogP contribution in [0.5, 0.6) is 11.6 Å². The maximum atomic E-state index is 14.5. The summed E-state index contributed by atoms with van der Waals surface area (Å²) in [6.07, 6.45) is -3.98. The fourth-order valence-corrected chi connectivity index (χ4v) is 9.72. The lowest BCUT2D eigenvalue weighted by molar-refractivity contribution is -0.153. The zero-order chi connectivity index (χ0) is 43.5. The summed E-state index contributed by atoms with van der Waals surface area (Å²) in [6, 6.07) is 20.5. The number of nitriles is 1. The van der Waals surface area contributed by atoms with E-state index < -0.39 is 80.1 Å². The van der Waals surface area contributed by atoms with Crippen molar-refractivity contribution in [2.75, 3.05) is 24.3 Å². The fourth-order valence-electron chi connectivity index (χ4n) is 6.37. The van der Waals surface area contributed by atoms with Crippen LogP contribution >= 0.6 is 18.2 Å². The van der Waals surface area contributed by atoms with E-state index in [0.29, 0.717) is 16.9 Å². The number of ether oxygens (including phenoxy) is 4. The van der Waals surface area contributed by atoms with Gasteiger partial charge < -0.3 is 34.2 Å². The third-order valence-corrected chi connectivity index (χ3v) is 13.2. The minimum atomic E-state index is -4.26. The van der Waals surface area contributed by atoms with E-state index in [4.69, 9.17) is 28.0 Å². The Morgan fingerprint density at radius 3 is 2.31 bits per heavy atom. The molecule has 6 rings (SSSR count). The summed E-state index contributed by atoms with van der Waals surface area (Å²) < 4.78 is 52.4. The molecule has 61 heavy (non-hydrogen) atoms.